The highest BCUT2D eigenvalue weighted by Crippen LogP contribution is 2.31. The van der Waals surface area contributed by atoms with E-state index >= 15 is 0 Å². The van der Waals surface area contributed by atoms with Gasteiger partial charge >= 0.3 is 6.09 Å². The lowest BCUT2D eigenvalue weighted by atomic mass is 10.0. The van der Waals surface area contributed by atoms with Crippen LogP contribution in [-0.2, 0) is 17.7 Å². The van der Waals surface area contributed by atoms with Crippen molar-refractivity contribution in [3.05, 3.63) is 41.4 Å². The zero-order valence-corrected chi connectivity index (χ0v) is 12.4. The second kappa shape index (κ2) is 5.66. The molecule has 120 valence electrons. The molecular weight excluding hydrogens is 301 g/mol. The molecule has 0 aliphatic carbocycles. The number of fused-ring (bicyclic) bond motifs is 1. The van der Waals surface area contributed by atoms with E-state index in [-0.39, 0.29) is 18.0 Å². The van der Waals surface area contributed by atoms with Gasteiger partial charge in [-0.05, 0) is 12.1 Å². The van der Waals surface area contributed by atoms with Gasteiger partial charge in [0, 0.05) is 37.2 Å². The first kappa shape index (κ1) is 14.2. The lowest BCUT2D eigenvalue weighted by Crippen LogP contribution is -2.37. The van der Waals surface area contributed by atoms with Gasteiger partial charge in [-0.2, -0.15) is 0 Å². The average molecular weight is 317 g/mol. The molecule has 4 rings (SSSR count). The highest BCUT2D eigenvalue weighted by Gasteiger charge is 2.30. The molecule has 1 aromatic carbocycles. The summed E-state index contributed by atoms with van der Waals surface area (Å²) in [4.78, 5) is 13.3. The molecule has 0 spiro atoms. The van der Waals surface area contributed by atoms with Crippen LogP contribution in [0.4, 0.5) is 9.18 Å². The third kappa shape index (κ3) is 2.68. The third-order valence-corrected chi connectivity index (χ3v) is 4.24. The minimum absolute atomic E-state index is 0.152. The van der Waals surface area contributed by atoms with E-state index in [0.29, 0.717) is 37.3 Å². The number of carbonyl (C=O) groups is 1. The normalized spacial score (nSPS) is 20.9. The molecule has 1 N–H and O–H groups in total. The summed E-state index contributed by atoms with van der Waals surface area (Å²) in [6.07, 6.45) is 0.191. The van der Waals surface area contributed by atoms with E-state index in [1.165, 1.54) is 6.07 Å². The summed E-state index contributed by atoms with van der Waals surface area (Å²) in [5, 5.41) is 6.72. The Morgan fingerprint density at radius 2 is 2.26 bits per heavy atom. The van der Waals surface area contributed by atoms with Gasteiger partial charge in [0.05, 0.1) is 6.54 Å². The number of hydrogen-bond donors (Lipinski definition) is 1. The van der Waals surface area contributed by atoms with E-state index in [2.05, 4.69) is 15.4 Å². The van der Waals surface area contributed by atoms with Crippen LogP contribution in [-0.4, -0.2) is 41.9 Å². The maximum absolute atomic E-state index is 14.0. The van der Waals surface area contributed by atoms with Crippen molar-refractivity contribution in [1.29, 1.82) is 0 Å². The van der Waals surface area contributed by atoms with Crippen molar-refractivity contribution in [3.63, 3.8) is 0 Å². The maximum Gasteiger partial charge on any atom is 0.407 e. The second-order valence-electron chi connectivity index (χ2n) is 5.81. The predicted molar refractivity (Wildman–Crippen MR) is 79.1 cm³/mol. The van der Waals surface area contributed by atoms with Crippen LogP contribution in [0.2, 0.25) is 0 Å². The molecule has 2 aliphatic rings. The largest absolute Gasteiger partial charge is 0.443 e. The molecule has 1 unspecified atom stereocenters. The fourth-order valence-electron chi connectivity index (χ4n) is 3.11. The smallest absolute Gasteiger partial charge is 0.407 e. The Morgan fingerprint density at radius 1 is 1.39 bits per heavy atom. The van der Waals surface area contributed by atoms with Crippen molar-refractivity contribution in [2.24, 2.45) is 0 Å². The molecule has 1 saturated heterocycles. The zero-order chi connectivity index (χ0) is 15.8. The molecule has 1 amide bonds. The molecule has 1 atom stereocenters. The second-order valence-corrected chi connectivity index (χ2v) is 5.81. The molecule has 1 aromatic heterocycles. The van der Waals surface area contributed by atoms with Crippen LogP contribution >= 0.6 is 0 Å². The number of hydrogen-bond acceptors (Lipinski definition) is 5. The zero-order valence-electron chi connectivity index (χ0n) is 12.4. The summed E-state index contributed by atoms with van der Waals surface area (Å²) in [7, 11) is 0. The van der Waals surface area contributed by atoms with Crippen LogP contribution in [0, 0.1) is 5.82 Å². The highest BCUT2D eigenvalue weighted by atomic mass is 19.1. The van der Waals surface area contributed by atoms with Crippen LogP contribution in [0.5, 0.6) is 0 Å². The summed E-state index contributed by atoms with van der Waals surface area (Å²) in [6.45, 7) is 2.57. The number of rotatable bonds is 3. The van der Waals surface area contributed by atoms with Gasteiger partial charge in [0.2, 0.25) is 0 Å². The quantitative estimate of drug-likeness (QED) is 0.937. The summed E-state index contributed by atoms with van der Waals surface area (Å²) in [5.74, 6) is 0.496. The van der Waals surface area contributed by atoms with Crippen LogP contribution in [0.3, 0.4) is 0 Å². The van der Waals surface area contributed by atoms with Gasteiger partial charge in [-0.3, -0.25) is 4.90 Å². The number of halogens is 1. The average Bonchev–Trinajstić information content (AvgIpc) is 3.14. The first-order chi connectivity index (χ1) is 11.2. The Bertz CT molecular complexity index is 746. The standard InChI is InChI=1S/C16H16FN3O3/c17-13-4-2-1-3-11(13)15-12-9-20(6-5-14(12)23-19-15)8-10-7-18-16(21)22-10/h1-4,10H,5-9H2,(H,18,21). The minimum atomic E-state index is -0.371. The maximum atomic E-state index is 14.0. The summed E-state index contributed by atoms with van der Waals surface area (Å²) in [6, 6.07) is 6.55. The molecule has 2 aromatic rings. The van der Waals surface area contributed by atoms with Crippen LogP contribution in [0.15, 0.2) is 28.8 Å². The fourth-order valence-corrected chi connectivity index (χ4v) is 3.11. The topological polar surface area (TPSA) is 67.6 Å². The number of carbonyl (C=O) groups excluding carboxylic acids is 1. The number of nitrogens with one attached hydrogen (secondary N) is 1. The number of cyclic esters (lactones) is 1. The minimum Gasteiger partial charge on any atom is -0.443 e. The van der Waals surface area contributed by atoms with Crippen LogP contribution in [0.1, 0.15) is 11.3 Å². The van der Waals surface area contributed by atoms with E-state index in [1.54, 1.807) is 18.2 Å². The number of ether oxygens (including phenoxy) is 1. The first-order valence-electron chi connectivity index (χ1n) is 7.60. The Balaban J connectivity index is 1.56. The lowest BCUT2D eigenvalue weighted by Gasteiger charge is -2.27. The molecule has 6 nitrogen and oxygen atoms in total. The highest BCUT2D eigenvalue weighted by molar-refractivity contribution is 5.69. The third-order valence-electron chi connectivity index (χ3n) is 4.24. The molecular formula is C16H16FN3O3. The number of amides is 1. The van der Waals surface area contributed by atoms with Gasteiger partial charge in [0.15, 0.2) is 0 Å². The van der Waals surface area contributed by atoms with Crippen molar-refractivity contribution in [2.75, 3.05) is 19.6 Å². The Hall–Kier alpha value is -2.41. The van der Waals surface area contributed by atoms with Gasteiger partial charge in [-0.1, -0.05) is 17.3 Å². The number of benzene rings is 1. The van der Waals surface area contributed by atoms with Gasteiger partial charge in [-0.25, -0.2) is 9.18 Å². The predicted octanol–water partition coefficient (Wildman–Crippen LogP) is 1.95. The van der Waals surface area contributed by atoms with Crippen molar-refractivity contribution in [2.45, 2.75) is 19.1 Å². The molecule has 7 heteroatoms. The number of nitrogens with zero attached hydrogens (tertiary/aromatic N) is 2. The Labute approximate surface area is 132 Å². The molecule has 0 bridgehead atoms. The molecule has 3 heterocycles. The van der Waals surface area contributed by atoms with Crippen molar-refractivity contribution >= 4 is 6.09 Å². The molecule has 23 heavy (non-hydrogen) atoms. The van der Waals surface area contributed by atoms with Crippen molar-refractivity contribution in [3.8, 4) is 11.3 Å². The summed E-state index contributed by atoms with van der Waals surface area (Å²) >= 11 is 0. The number of aromatic nitrogens is 1. The van der Waals surface area contributed by atoms with E-state index in [9.17, 15) is 9.18 Å². The van der Waals surface area contributed by atoms with Crippen LogP contribution in [0.25, 0.3) is 11.3 Å². The molecule has 0 radical (unpaired) electrons. The van der Waals surface area contributed by atoms with Crippen molar-refractivity contribution in [1.82, 2.24) is 15.4 Å². The van der Waals surface area contributed by atoms with Gasteiger partial charge in [0.25, 0.3) is 0 Å². The van der Waals surface area contributed by atoms with E-state index in [1.807, 2.05) is 0 Å². The summed E-state index contributed by atoms with van der Waals surface area (Å²) < 4.78 is 24.6. The van der Waals surface area contributed by atoms with Gasteiger partial charge in [0.1, 0.15) is 23.4 Å². The Morgan fingerprint density at radius 3 is 3.04 bits per heavy atom. The van der Waals surface area contributed by atoms with E-state index in [0.717, 1.165) is 17.9 Å². The Kier molecular flexibility index (Phi) is 3.49. The fraction of sp³-hybridized carbons (Fsp3) is 0.375. The van der Waals surface area contributed by atoms with Gasteiger partial charge < -0.3 is 14.6 Å². The van der Waals surface area contributed by atoms with E-state index in [4.69, 9.17) is 9.26 Å². The lowest BCUT2D eigenvalue weighted by molar-refractivity contribution is 0.102. The molecule has 2 aliphatic heterocycles. The monoisotopic (exact) mass is 317 g/mol. The van der Waals surface area contributed by atoms with E-state index < -0.39 is 0 Å². The summed E-state index contributed by atoms with van der Waals surface area (Å²) in [5.41, 5.74) is 1.93. The first-order valence-corrected chi connectivity index (χ1v) is 7.60. The SMILES string of the molecule is O=C1NCC(CN2CCc3onc(-c4ccccc4F)c3C2)O1. The van der Waals surface area contributed by atoms with Crippen LogP contribution < -0.4 is 5.32 Å². The molecule has 1 fully saturated rings. The number of alkyl carbamates (subject to hydrolysis) is 1. The van der Waals surface area contributed by atoms with Crippen molar-refractivity contribution < 1.29 is 18.4 Å². The molecule has 0 saturated carbocycles. The van der Waals surface area contributed by atoms with Gasteiger partial charge in [-0.15, -0.1) is 0 Å².